The smallest absolute Gasteiger partial charge is 0.0650 e. The van der Waals surface area contributed by atoms with Gasteiger partial charge < -0.3 is 5.11 Å². The number of hydrogen-bond donors (Lipinski definition) is 1. The highest BCUT2D eigenvalue weighted by Gasteiger charge is 2.39. The Hall–Kier alpha value is -0.990. The minimum atomic E-state index is -0.440. The maximum absolute atomic E-state index is 9.55. The van der Waals surface area contributed by atoms with Gasteiger partial charge in [0.1, 0.15) is 0 Å². The summed E-state index contributed by atoms with van der Waals surface area (Å²) in [6, 6.07) is -0.0351. The van der Waals surface area contributed by atoms with Crippen LogP contribution in [0, 0.1) is 0 Å². The van der Waals surface area contributed by atoms with Crippen molar-refractivity contribution in [1.82, 2.24) is 0 Å². The zero-order valence-electron chi connectivity index (χ0n) is 7.69. The SMILES string of the molecule is C=CC[C@H](CCC1(O)CC1)N=[N+]=[N-]. The van der Waals surface area contributed by atoms with Gasteiger partial charge in [0.05, 0.1) is 5.60 Å². The molecule has 0 radical (unpaired) electrons. The van der Waals surface area contributed by atoms with Crippen LogP contribution in [-0.2, 0) is 0 Å². The predicted octanol–water partition coefficient (Wildman–Crippen LogP) is 2.55. The Bertz CT molecular complexity index is 229. The summed E-state index contributed by atoms with van der Waals surface area (Å²) in [4.78, 5) is 2.77. The number of aliphatic hydroxyl groups is 1. The molecule has 4 nitrogen and oxygen atoms in total. The van der Waals surface area contributed by atoms with E-state index < -0.39 is 5.60 Å². The van der Waals surface area contributed by atoms with Gasteiger partial charge in [0.25, 0.3) is 0 Å². The highest BCUT2D eigenvalue weighted by atomic mass is 16.3. The van der Waals surface area contributed by atoms with E-state index in [4.69, 9.17) is 5.53 Å². The molecule has 0 aliphatic heterocycles. The summed E-state index contributed by atoms with van der Waals surface area (Å²) in [6.07, 6.45) is 5.72. The van der Waals surface area contributed by atoms with Crippen LogP contribution in [0.1, 0.15) is 32.1 Å². The largest absolute Gasteiger partial charge is 0.390 e. The highest BCUT2D eigenvalue weighted by molar-refractivity contribution is 4.94. The molecule has 4 heteroatoms. The minimum Gasteiger partial charge on any atom is -0.390 e. The quantitative estimate of drug-likeness (QED) is 0.291. The molecule has 1 fully saturated rings. The summed E-state index contributed by atoms with van der Waals surface area (Å²) < 4.78 is 0. The number of nitrogens with zero attached hydrogens (tertiary/aromatic N) is 3. The van der Waals surface area contributed by atoms with Gasteiger partial charge in [-0.15, -0.1) is 6.58 Å². The van der Waals surface area contributed by atoms with Crippen LogP contribution in [0.3, 0.4) is 0 Å². The van der Waals surface area contributed by atoms with Gasteiger partial charge in [-0.25, -0.2) is 0 Å². The average Bonchev–Trinajstić information content (AvgIpc) is 2.82. The van der Waals surface area contributed by atoms with E-state index in [2.05, 4.69) is 16.6 Å². The van der Waals surface area contributed by atoms with Gasteiger partial charge in [0, 0.05) is 11.0 Å². The third-order valence-electron chi connectivity index (χ3n) is 2.42. The first-order valence-corrected chi connectivity index (χ1v) is 4.58. The third-order valence-corrected chi connectivity index (χ3v) is 2.42. The van der Waals surface area contributed by atoms with Crippen molar-refractivity contribution in [3.05, 3.63) is 23.1 Å². The molecule has 13 heavy (non-hydrogen) atoms. The predicted molar refractivity (Wildman–Crippen MR) is 51.2 cm³/mol. The van der Waals surface area contributed by atoms with Crippen molar-refractivity contribution in [2.45, 2.75) is 43.7 Å². The van der Waals surface area contributed by atoms with Gasteiger partial charge in [-0.05, 0) is 37.6 Å². The number of rotatable bonds is 6. The molecular formula is C9H15N3O. The Morgan fingerprint density at radius 3 is 2.85 bits per heavy atom. The Labute approximate surface area is 77.9 Å². The van der Waals surface area contributed by atoms with E-state index in [0.717, 1.165) is 25.7 Å². The molecule has 0 saturated heterocycles. The lowest BCUT2D eigenvalue weighted by Crippen LogP contribution is -2.11. The lowest BCUT2D eigenvalue weighted by Gasteiger charge is -2.11. The Balaban J connectivity index is 2.28. The monoisotopic (exact) mass is 181 g/mol. The second kappa shape index (κ2) is 4.30. The molecule has 0 aromatic carbocycles. The lowest BCUT2D eigenvalue weighted by atomic mass is 10.0. The van der Waals surface area contributed by atoms with Crippen LogP contribution in [0.2, 0.25) is 0 Å². The third kappa shape index (κ3) is 3.49. The van der Waals surface area contributed by atoms with E-state index in [9.17, 15) is 5.11 Å². The number of azide groups is 1. The summed E-state index contributed by atoms with van der Waals surface area (Å²) >= 11 is 0. The zero-order valence-corrected chi connectivity index (χ0v) is 7.69. The maximum Gasteiger partial charge on any atom is 0.0650 e. The standard InChI is InChI=1S/C9H15N3O/c1-2-3-8(11-12-10)4-5-9(13)6-7-9/h2,8,13H,1,3-7H2/t8-/m1/s1. The van der Waals surface area contributed by atoms with E-state index in [1.807, 2.05) is 0 Å². The Kier molecular flexibility index (Phi) is 3.34. The Morgan fingerprint density at radius 2 is 2.38 bits per heavy atom. The van der Waals surface area contributed by atoms with Crippen molar-refractivity contribution < 1.29 is 5.11 Å². The van der Waals surface area contributed by atoms with Crippen molar-refractivity contribution >= 4 is 0 Å². The summed E-state index contributed by atoms with van der Waals surface area (Å²) in [7, 11) is 0. The van der Waals surface area contributed by atoms with Gasteiger partial charge in [0.2, 0.25) is 0 Å². The molecule has 1 aliphatic carbocycles. The molecule has 0 heterocycles. The molecule has 0 bridgehead atoms. The fourth-order valence-corrected chi connectivity index (χ4v) is 1.32. The van der Waals surface area contributed by atoms with Crippen LogP contribution in [-0.4, -0.2) is 16.7 Å². The molecule has 1 rings (SSSR count). The molecule has 72 valence electrons. The summed E-state index contributed by atoms with van der Waals surface area (Å²) in [5.41, 5.74) is 7.83. The average molecular weight is 181 g/mol. The van der Waals surface area contributed by atoms with Gasteiger partial charge >= 0.3 is 0 Å². The van der Waals surface area contributed by atoms with Crippen LogP contribution in [0.4, 0.5) is 0 Å². The van der Waals surface area contributed by atoms with Gasteiger partial charge in [-0.2, -0.15) is 0 Å². The van der Waals surface area contributed by atoms with E-state index in [0.29, 0.717) is 6.42 Å². The summed E-state index contributed by atoms with van der Waals surface area (Å²) in [5.74, 6) is 0. The van der Waals surface area contributed by atoms with Crippen molar-refractivity contribution in [2.75, 3.05) is 0 Å². The lowest BCUT2D eigenvalue weighted by molar-refractivity contribution is 0.135. The molecule has 0 spiro atoms. The first-order chi connectivity index (χ1) is 6.20. The first-order valence-electron chi connectivity index (χ1n) is 4.58. The van der Waals surface area contributed by atoms with Crippen LogP contribution in [0.25, 0.3) is 10.4 Å². The van der Waals surface area contributed by atoms with Crippen molar-refractivity contribution in [1.29, 1.82) is 0 Å². The van der Waals surface area contributed by atoms with Gasteiger partial charge in [-0.3, -0.25) is 0 Å². The van der Waals surface area contributed by atoms with Crippen molar-refractivity contribution in [2.24, 2.45) is 5.11 Å². The fourth-order valence-electron chi connectivity index (χ4n) is 1.32. The minimum absolute atomic E-state index is 0.0351. The summed E-state index contributed by atoms with van der Waals surface area (Å²) in [5, 5.41) is 13.2. The van der Waals surface area contributed by atoms with Crippen molar-refractivity contribution in [3.8, 4) is 0 Å². The molecule has 1 N–H and O–H groups in total. The molecule has 0 amide bonds. The summed E-state index contributed by atoms with van der Waals surface area (Å²) in [6.45, 7) is 3.60. The van der Waals surface area contributed by atoms with Crippen LogP contribution in [0.15, 0.2) is 17.8 Å². The second-order valence-electron chi connectivity index (χ2n) is 3.65. The van der Waals surface area contributed by atoms with E-state index in [1.54, 1.807) is 6.08 Å². The maximum atomic E-state index is 9.55. The van der Waals surface area contributed by atoms with Gasteiger partial charge in [-0.1, -0.05) is 11.2 Å². The molecule has 0 aromatic heterocycles. The van der Waals surface area contributed by atoms with Crippen LogP contribution >= 0.6 is 0 Å². The van der Waals surface area contributed by atoms with Crippen molar-refractivity contribution in [3.63, 3.8) is 0 Å². The second-order valence-corrected chi connectivity index (χ2v) is 3.65. The van der Waals surface area contributed by atoms with Gasteiger partial charge in [0.15, 0.2) is 0 Å². The highest BCUT2D eigenvalue weighted by Crippen LogP contribution is 2.39. The van der Waals surface area contributed by atoms with Crippen LogP contribution < -0.4 is 0 Å². The molecule has 0 unspecified atom stereocenters. The van der Waals surface area contributed by atoms with E-state index >= 15 is 0 Å². The Morgan fingerprint density at radius 1 is 1.69 bits per heavy atom. The molecular weight excluding hydrogens is 166 g/mol. The van der Waals surface area contributed by atoms with Crippen LogP contribution in [0.5, 0.6) is 0 Å². The normalized spacial score (nSPS) is 20.1. The van der Waals surface area contributed by atoms with E-state index in [1.165, 1.54) is 0 Å². The molecule has 1 atom stereocenters. The molecule has 0 aromatic rings. The number of hydrogen-bond acceptors (Lipinski definition) is 2. The topological polar surface area (TPSA) is 69.0 Å². The molecule has 1 saturated carbocycles. The first kappa shape index (κ1) is 10.1. The zero-order chi connectivity index (χ0) is 9.73. The fraction of sp³-hybridized carbons (Fsp3) is 0.778. The van der Waals surface area contributed by atoms with E-state index in [-0.39, 0.29) is 6.04 Å². The molecule has 1 aliphatic rings.